The minimum absolute atomic E-state index is 0.0333. The predicted octanol–water partition coefficient (Wildman–Crippen LogP) is 2.10. The van der Waals surface area contributed by atoms with Crippen LogP contribution in [-0.2, 0) is 24.4 Å². The summed E-state index contributed by atoms with van der Waals surface area (Å²) in [5.41, 5.74) is 1.21. The third-order valence-electron chi connectivity index (χ3n) is 5.03. The molecule has 2 aliphatic rings. The molecule has 2 fully saturated rings. The summed E-state index contributed by atoms with van der Waals surface area (Å²) >= 11 is 0. The highest BCUT2D eigenvalue weighted by atomic mass is 16.8. The highest BCUT2D eigenvalue weighted by molar-refractivity contribution is 5.73. The van der Waals surface area contributed by atoms with E-state index in [2.05, 4.69) is 26.1 Å². The number of rotatable bonds is 3. The van der Waals surface area contributed by atoms with Crippen molar-refractivity contribution < 1.29 is 28.8 Å². The third-order valence-corrected chi connectivity index (χ3v) is 5.03. The summed E-state index contributed by atoms with van der Waals surface area (Å²) in [6, 6.07) is 6.96. The molecule has 0 saturated carbocycles. The summed E-state index contributed by atoms with van der Waals surface area (Å²) in [7, 11) is 0. The van der Waals surface area contributed by atoms with Crippen molar-refractivity contribution in [2.45, 2.75) is 83.4 Å². The van der Waals surface area contributed by atoms with Crippen LogP contribution in [0.5, 0.6) is 5.75 Å². The van der Waals surface area contributed by atoms with Gasteiger partial charge in [0.2, 0.25) is 12.2 Å². The van der Waals surface area contributed by atoms with Crippen molar-refractivity contribution in [3.05, 3.63) is 29.8 Å². The first kappa shape index (κ1) is 21.0. The van der Waals surface area contributed by atoms with Gasteiger partial charge < -0.3 is 29.4 Å². The molecular formula is C21H31NO6. The smallest absolute Gasteiger partial charge is 0.223 e. The number of nitrogens with one attached hydrogen (secondary N) is 1. The van der Waals surface area contributed by atoms with E-state index in [4.69, 9.17) is 18.9 Å². The number of hydrogen-bond acceptors (Lipinski definition) is 6. The van der Waals surface area contributed by atoms with Gasteiger partial charge >= 0.3 is 0 Å². The van der Waals surface area contributed by atoms with Crippen LogP contribution >= 0.6 is 0 Å². The number of aliphatic hydroxyl groups is 1. The van der Waals surface area contributed by atoms with Gasteiger partial charge in [0.25, 0.3) is 0 Å². The second kappa shape index (κ2) is 7.63. The quantitative estimate of drug-likeness (QED) is 0.818. The molecule has 0 bridgehead atoms. The lowest BCUT2D eigenvalue weighted by Crippen LogP contribution is -2.69. The standard InChI is InChI=1S/C21H31NO6/c1-12(23)22-16-17(24)18-15(11-25-21(5,6)28-18)27-19(16)26-14-9-7-13(8-10-14)20(2,3)4/h7-10,15-19,24H,11H2,1-6H3,(H,22,23)/t15-,16+,17+,18-,19-/m1/s1. The highest BCUT2D eigenvalue weighted by Crippen LogP contribution is 2.33. The zero-order chi connectivity index (χ0) is 20.7. The van der Waals surface area contributed by atoms with Gasteiger partial charge in [-0.1, -0.05) is 32.9 Å². The zero-order valence-electron chi connectivity index (χ0n) is 17.4. The van der Waals surface area contributed by atoms with E-state index in [1.807, 2.05) is 24.3 Å². The average Bonchev–Trinajstić information content (AvgIpc) is 2.58. The Labute approximate surface area is 166 Å². The lowest BCUT2D eigenvalue weighted by molar-refractivity contribution is -0.361. The van der Waals surface area contributed by atoms with E-state index >= 15 is 0 Å². The van der Waals surface area contributed by atoms with Gasteiger partial charge in [0.1, 0.15) is 30.1 Å². The Kier molecular flexibility index (Phi) is 5.74. The fourth-order valence-corrected chi connectivity index (χ4v) is 3.50. The summed E-state index contributed by atoms with van der Waals surface area (Å²) in [6.45, 7) is 11.6. The molecule has 2 heterocycles. The third kappa shape index (κ3) is 4.66. The van der Waals surface area contributed by atoms with Gasteiger partial charge in [0, 0.05) is 6.92 Å². The molecule has 1 amide bonds. The van der Waals surface area contributed by atoms with E-state index in [1.165, 1.54) is 12.5 Å². The lowest BCUT2D eigenvalue weighted by atomic mass is 9.87. The topological polar surface area (TPSA) is 86.3 Å². The summed E-state index contributed by atoms with van der Waals surface area (Å²) in [4.78, 5) is 11.7. The molecule has 28 heavy (non-hydrogen) atoms. The van der Waals surface area contributed by atoms with Crippen LogP contribution in [0.4, 0.5) is 0 Å². The number of amides is 1. The number of carbonyl (C=O) groups excluding carboxylic acids is 1. The van der Waals surface area contributed by atoms with E-state index in [1.54, 1.807) is 13.8 Å². The van der Waals surface area contributed by atoms with Crippen LogP contribution in [0.1, 0.15) is 47.1 Å². The van der Waals surface area contributed by atoms with Gasteiger partial charge in [-0.05, 0) is 37.0 Å². The van der Waals surface area contributed by atoms with Crippen LogP contribution in [0.15, 0.2) is 24.3 Å². The van der Waals surface area contributed by atoms with Gasteiger partial charge in [0.15, 0.2) is 5.79 Å². The molecule has 2 saturated heterocycles. The van der Waals surface area contributed by atoms with Crippen molar-refractivity contribution in [1.29, 1.82) is 0 Å². The Balaban J connectivity index is 1.79. The van der Waals surface area contributed by atoms with E-state index in [-0.39, 0.29) is 17.9 Å². The van der Waals surface area contributed by atoms with Crippen LogP contribution in [0, 0.1) is 0 Å². The van der Waals surface area contributed by atoms with Crippen molar-refractivity contribution in [2.75, 3.05) is 6.61 Å². The minimum atomic E-state index is -0.996. The van der Waals surface area contributed by atoms with Gasteiger partial charge in [-0.2, -0.15) is 0 Å². The second-order valence-corrected chi connectivity index (χ2v) is 8.95. The van der Waals surface area contributed by atoms with E-state index in [0.717, 1.165) is 0 Å². The van der Waals surface area contributed by atoms with E-state index in [0.29, 0.717) is 5.75 Å². The highest BCUT2D eigenvalue weighted by Gasteiger charge is 2.52. The number of ether oxygens (including phenoxy) is 4. The summed E-state index contributed by atoms with van der Waals surface area (Å²) in [5.74, 6) is -0.519. The number of hydrogen-bond donors (Lipinski definition) is 2. The maximum absolute atomic E-state index is 11.7. The number of fused-ring (bicyclic) bond motifs is 1. The summed E-state index contributed by atoms with van der Waals surface area (Å²) < 4.78 is 23.5. The monoisotopic (exact) mass is 393 g/mol. The minimum Gasteiger partial charge on any atom is -0.463 e. The van der Waals surface area contributed by atoms with E-state index < -0.39 is 36.4 Å². The molecule has 156 valence electrons. The maximum atomic E-state index is 11.7. The number of carbonyl (C=O) groups is 1. The molecule has 1 aromatic carbocycles. The van der Waals surface area contributed by atoms with E-state index in [9.17, 15) is 9.90 Å². The lowest BCUT2D eigenvalue weighted by Gasteiger charge is -2.49. The van der Waals surface area contributed by atoms with Gasteiger partial charge in [-0.3, -0.25) is 4.79 Å². The molecule has 0 spiro atoms. The molecule has 5 atom stereocenters. The average molecular weight is 393 g/mol. The number of aliphatic hydroxyl groups excluding tert-OH is 1. The molecule has 7 nitrogen and oxygen atoms in total. The van der Waals surface area contributed by atoms with Crippen molar-refractivity contribution in [3.63, 3.8) is 0 Å². The van der Waals surface area contributed by atoms with Gasteiger partial charge in [-0.15, -0.1) is 0 Å². The number of benzene rings is 1. The van der Waals surface area contributed by atoms with Crippen LogP contribution in [0.2, 0.25) is 0 Å². The molecule has 2 aliphatic heterocycles. The predicted molar refractivity (Wildman–Crippen MR) is 103 cm³/mol. The first-order valence-corrected chi connectivity index (χ1v) is 9.66. The van der Waals surface area contributed by atoms with Crippen LogP contribution in [0.25, 0.3) is 0 Å². The van der Waals surface area contributed by atoms with Crippen LogP contribution in [0.3, 0.4) is 0 Å². The Morgan fingerprint density at radius 1 is 1.25 bits per heavy atom. The zero-order valence-corrected chi connectivity index (χ0v) is 17.4. The SMILES string of the molecule is CC(=O)N[C@@H]1[C@H](Oc2ccc(C(C)(C)C)cc2)O[C@@H]2COC(C)(C)O[C@H]2[C@H]1O. The van der Waals surface area contributed by atoms with Crippen molar-refractivity contribution in [3.8, 4) is 5.75 Å². The maximum Gasteiger partial charge on any atom is 0.223 e. The molecule has 7 heteroatoms. The largest absolute Gasteiger partial charge is 0.463 e. The first-order valence-electron chi connectivity index (χ1n) is 9.66. The first-order chi connectivity index (χ1) is 13.0. The Hall–Kier alpha value is -1.67. The Morgan fingerprint density at radius 3 is 2.46 bits per heavy atom. The van der Waals surface area contributed by atoms with Crippen molar-refractivity contribution in [1.82, 2.24) is 5.32 Å². The molecule has 0 radical (unpaired) electrons. The molecule has 0 aliphatic carbocycles. The molecule has 0 aromatic heterocycles. The van der Waals surface area contributed by atoms with Crippen molar-refractivity contribution >= 4 is 5.91 Å². The molecule has 1 aromatic rings. The van der Waals surface area contributed by atoms with Crippen molar-refractivity contribution in [2.24, 2.45) is 0 Å². The van der Waals surface area contributed by atoms with Crippen LogP contribution in [-0.4, -0.2) is 54.1 Å². The summed E-state index contributed by atoms with van der Waals surface area (Å²) in [5, 5.41) is 13.6. The fourth-order valence-electron chi connectivity index (χ4n) is 3.50. The normalized spacial score (nSPS) is 32.3. The molecule has 0 unspecified atom stereocenters. The molecule has 3 rings (SSSR count). The Morgan fingerprint density at radius 2 is 1.89 bits per heavy atom. The Bertz CT molecular complexity index is 696. The fraction of sp³-hybridized carbons (Fsp3) is 0.667. The second-order valence-electron chi connectivity index (χ2n) is 8.95. The molecule has 2 N–H and O–H groups in total. The molecular weight excluding hydrogens is 362 g/mol. The van der Waals surface area contributed by atoms with Gasteiger partial charge in [-0.25, -0.2) is 0 Å². The van der Waals surface area contributed by atoms with Crippen LogP contribution < -0.4 is 10.1 Å². The summed E-state index contributed by atoms with van der Waals surface area (Å²) in [6.07, 6.45) is -2.98. The van der Waals surface area contributed by atoms with Gasteiger partial charge in [0.05, 0.1) is 6.61 Å².